The van der Waals surface area contributed by atoms with Gasteiger partial charge in [-0.05, 0) is 48.2 Å². The SMILES string of the molecule is NCc1ccc(C(=O)N2CCCC2c2ccncc2)cc1. The molecule has 21 heavy (non-hydrogen) atoms. The Morgan fingerprint density at radius 3 is 2.57 bits per heavy atom. The van der Waals surface area contributed by atoms with E-state index in [2.05, 4.69) is 4.98 Å². The van der Waals surface area contributed by atoms with Gasteiger partial charge in [0.2, 0.25) is 0 Å². The van der Waals surface area contributed by atoms with Crippen LogP contribution in [0.2, 0.25) is 0 Å². The van der Waals surface area contributed by atoms with Gasteiger partial charge in [-0.2, -0.15) is 0 Å². The van der Waals surface area contributed by atoms with Gasteiger partial charge in [0.25, 0.3) is 5.91 Å². The van der Waals surface area contributed by atoms with E-state index in [9.17, 15) is 4.79 Å². The third-order valence-electron chi connectivity index (χ3n) is 4.04. The summed E-state index contributed by atoms with van der Waals surface area (Å²) in [7, 11) is 0. The van der Waals surface area contributed by atoms with E-state index in [0.717, 1.165) is 36.1 Å². The summed E-state index contributed by atoms with van der Waals surface area (Å²) in [4.78, 5) is 18.7. The summed E-state index contributed by atoms with van der Waals surface area (Å²) in [5, 5.41) is 0. The number of hydrogen-bond donors (Lipinski definition) is 1. The first-order chi connectivity index (χ1) is 10.3. The highest BCUT2D eigenvalue weighted by Gasteiger charge is 2.30. The lowest BCUT2D eigenvalue weighted by atomic mass is 10.0. The largest absolute Gasteiger partial charge is 0.332 e. The number of carbonyl (C=O) groups is 1. The molecule has 2 heterocycles. The molecule has 0 radical (unpaired) electrons. The fraction of sp³-hybridized carbons (Fsp3) is 0.294. The average Bonchev–Trinajstić information content (AvgIpc) is 3.04. The molecule has 108 valence electrons. The minimum atomic E-state index is 0.0953. The van der Waals surface area contributed by atoms with Gasteiger partial charge in [-0.15, -0.1) is 0 Å². The predicted molar refractivity (Wildman–Crippen MR) is 81.6 cm³/mol. The van der Waals surface area contributed by atoms with E-state index < -0.39 is 0 Å². The maximum atomic E-state index is 12.7. The van der Waals surface area contributed by atoms with E-state index in [1.165, 1.54) is 0 Å². The molecule has 1 atom stereocenters. The molecule has 4 heteroatoms. The molecule has 0 bridgehead atoms. The first kappa shape index (κ1) is 13.8. The normalized spacial score (nSPS) is 18.0. The summed E-state index contributed by atoms with van der Waals surface area (Å²) in [5.41, 5.74) is 8.53. The van der Waals surface area contributed by atoms with Crippen LogP contribution in [0.1, 0.15) is 40.4 Å². The molecule has 1 aromatic carbocycles. The van der Waals surface area contributed by atoms with Crippen molar-refractivity contribution in [2.75, 3.05) is 6.54 Å². The van der Waals surface area contributed by atoms with Crippen molar-refractivity contribution < 1.29 is 4.79 Å². The van der Waals surface area contributed by atoms with E-state index in [-0.39, 0.29) is 11.9 Å². The zero-order valence-electron chi connectivity index (χ0n) is 11.9. The highest BCUT2D eigenvalue weighted by atomic mass is 16.2. The van der Waals surface area contributed by atoms with Gasteiger partial charge in [0.05, 0.1) is 6.04 Å². The molecular formula is C17H19N3O. The first-order valence-corrected chi connectivity index (χ1v) is 7.29. The summed E-state index contributed by atoms with van der Waals surface area (Å²) < 4.78 is 0. The summed E-state index contributed by atoms with van der Waals surface area (Å²) >= 11 is 0. The number of hydrogen-bond acceptors (Lipinski definition) is 3. The Hall–Kier alpha value is -2.20. The molecule has 1 aliphatic heterocycles. The van der Waals surface area contributed by atoms with E-state index in [1.807, 2.05) is 41.3 Å². The topological polar surface area (TPSA) is 59.2 Å². The fourth-order valence-corrected chi connectivity index (χ4v) is 2.89. The summed E-state index contributed by atoms with van der Waals surface area (Å²) in [5.74, 6) is 0.0953. The first-order valence-electron chi connectivity index (χ1n) is 7.29. The van der Waals surface area contributed by atoms with Crippen molar-refractivity contribution >= 4 is 5.91 Å². The Morgan fingerprint density at radius 2 is 1.90 bits per heavy atom. The Balaban J connectivity index is 1.82. The highest BCUT2D eigenvalue weighted by molar-refractivity contribution is 5.94. The Kier molecular flexibility index (Phi) is 3.97. The van der Waals surface area contributed by atoms with Gasteiger partial charge in [-0.1, -0.05) is 12.1 Å². The maximum absolute atomic E-state index is 12.7. The van der Waals surface area contributed by atoms with Gasteiger partial charge in [0.1, 0.15) is 0 Å². The van der Waals surface area contributed by atoms with Gasteiger partial charge in [0.15, 0.2) is 0 Å². The molecule has 3 rings (SSSR count). The molecular weight excluding hydrogens is 262 g/mol. The van der Waals surface area contributed by atoms with Gasteiger partial charge in [-0.3, -0.25) is 9.78 Å². The van der Waals surface area contributed by atoms with Gasteiger partial charge >= 0.3 is 0 Å². The number of nitrogens with zero attached hydrogens (tertiary/aromatic N) is 2. The van der Waals surface area contributed by atoms with Crippen molar-refractivity contribution in [1.82, 2.24) is 9.88 Å². The minimum absolute atomic E-state index is 0.0953. The van der Waals surface area contributed by atoms with Gasteiger partial charge in [0, 0.05) is 31.0 Å². The number of aromatic nitrogens is 1. The Labute approximate surface area is 124 Å². The van der Waals surface area contributed by atoms with E-state index in [4.69, 9.17) is 5.73 Å². The standard InChI is InChI=1S/C17H19N3O/c18-12-13-3-5-15(6-4-13)17(21)20-11-1-2-16(20)14-7-9-19-10-8-14/h3-10,16H,1-2,11-12,18H2. The number of carbonyl (C=O) groups excluding carboxylic acids is 1. The van der Waals surface area contributed by atoms with Crippen molar-refractivity contribution in [2.45, 2.75) is 25.4 Å². The van der Waals surface area contributed by atoms with Crippen molar-refractivity contribution in [3.05, 3.63) is 65.5 Å². The third-order valence-corrected chi connectivity index (χ3v) is 4.04. The smallest absolute Gasteiger partial charge is 0.254 e. The number of likely N-dealkylation sites (tertiary alicyclic amines) is 1. The van der Waals surface area contributed by atoms with E-state index >= 15 is 0 Å². The average molecular weight is 281 g/mol. The molecule has 1 aliphatic rings. The molecule has 0 aliphatic carbocycles. The van der Waals surface area contributed by atoms with Crippen LogP contribution in [0, 0.1) is 0 Å². The molecule has 4 nitrogen and oxygen atoms in total. The van der Waals surface area contributed by atoms with Crippen molar-refractivity contribution in [3.63, 3.8) is 0 Å². The molecule has 1 fully saturated rings. The lowest BCUT2D eigenvalue weighted by molar-refractivity contribution is 0.0735. The van der Waals surface area contributed by atoms with Crippen LogP contribution < -0.4 is 5.73 Å². The predicted octanol–water partition coefficient (Wildman–Crippen LogP) is 2.52. The number of amides is 1. The second-order valence-corrected chi connectivity index (χ2v) is 5.34. The zero-order valence-corrected chi connectivity index (χ0v) is 11.9. The lowest BCUT2D eigenvalue weighted by Gasteiger charge is -2.25. The number of rotatable bonds is 3. The summed E-state index contributed by atoms with van der Waals surface area (Å²) in [6.45, 7) is 1.31. The van der Waals surface area contributed by atoms with Crippen molar-refractivity contribution in [2.24, 2.45) is 5.73 Å². The van der Waals surface area contributed by atoms with Crippen LogP contribution in [0.5, 0.6) is 0 Å². The second kappa shape index (κ2) is 6.06. The number of benzene rings is 1. The Bertz CT molecular complexity index is 610. The third kappa shape index (κ3) is 2.81. The lowest BCUT2D eigenvalue weighted by Crippen LogP contribution is -2.30. The highest BCUT2D eigenvalue weighted by Crippen LogP contribution is 2.32. The molecule has 1 saturated heterocycles. The molecule has 1 unspecified atom stereocenters. The molecule has 0 saturated carbocycles. The van der Waals surface area contributed by atoms with Crippen LogP contribution >= 0.6 is 0 Å². The second-order valence-electron chi connectivity index (χ2n) is 5.34. The molecule has 2 N–H and O–H groups in total. The van der Waals surface area contributed by atoms with Crippen LogP contribution in [0.25, 0.3) is 0 Å². The summed E-state index contributed by atoms with van der Waals surface area (Å²) in [6.07, 6.45) is 5.62. The number of pyridine rings is 1. The van der Waals surface area contributed by atoms with Crippen LogP contribution in [-0.2, 0) is 6.54 Å². The fourth-order valence-electron chi connectivity index (χ4n) is 2.89. The van der Waals surface area contributed by atoms with Crippen LogP contribution in [0.4, 0.5) is 0 Å². The zero-order chi connectivity index (χ0) is 14.7. The van der Waals surface area contributed by atoms with E-state index in [0.29, 0.717) is 6.54 Å². The van der Waals surface area contributed by atoms with Crippen LogP contribution in [0.3, 0.4) is 0 Å². The molecule has 1 aromatic heterocycles. The molecule has 1 amide bonds. The Morgan fingerprint density at radius 1 is 1.19 bits per heavy atom. The maximum Gasteiger partial charge on any atom is 0.254 e. The van der Waals surface area contributed by atoms with E-state index in [1.54, 1.807) is 12.4 Å². The molecule has 2 aromatic rings. The summed E-state index contributed by atoms with van der Waals surface area (Å²) in [6, 6.07) is 11.7. The monoisotopic (exact) mass is 281 g/mol. The quantitative estimate of drug-likeness (QED) is 0.940. The van der Waals surface area contributed by atoms with Crippen LogP contribution in [0.15, 0.2) is 48.8 Å². The molecule has 0 spiro atoms. The van der Waals surface area contributed by atoms with Crippen LogP contribution in [-0.4, -0.2) is 22.3 Å². The van der Waals surface area contributed by atoms with Gasteiger partial charge in [-0.25, -0.2) is 0 Å². The number of nitrogens with two attached hydrogens (primary N) is 1. The van der Waals surface area contributed by atoms with Crippen molar-refractivity contribution in [1.29, 1.82) is 0 Å². The van der Waals surface area contributed by atoms with Crippen molar-refractivity contribution in [3.8, 4) is 0 Å². The minimum Gasteiger partial charge on any atom is -0.332 e. The van der Waals surface area contributed by atoms with Gasteiger partial charge < -0.3 is 10.6 Å².